The average molecular weight is 352 g/mol. The van der Waals surface area contributed by atoms with Crippen LogP contribution in [0.15, 0.2) is 97.1 Å². The summed E-state index contributed by atoms with van der Waals surface area (Å²) in [4.78, 5) is 13.0. The smallest absolute Gasteiger partial charge is 0.247 e. The van der Waals surface area contributed by atoms with E-state index in [-0.39, 0.29) is 5.91 Å². The number of hydrogen-bond donors (Lipinski definition) is 0. The summed E-state index contributed by atoms with van der Waals surface area (Å²) in [7, 11) is 0. The van der Waals surface area contributed by atoms with Crippen molar-refractivity contribution in [2.45, 2.75) is 12.8 Å². The third kappa shape index (κ3) is 3.87. The van der Waals surface area contributed by atoms with E-state index < -0.39 is 0 Å². The lowest BCUT2D eigenvalue weighted by Crippen LogP contribution is -2.14. The Bertz CT molecular complexity index is 1020. The largest absolute Gasteiger partial charge is 0.273 e. The van der Waals surface area contributed by atoms with Gasteiger partial charge in [-0.2, -0.15) is 9.78 Å². The van der Waals surface area contributed by atoms with Gasteiger partial charge in [0.1, 0.15) is 0 Å². The predicted octanol–water partition coefficient (Wildman–Crippen LogP) is 5.49. The molecule has 132 valence electrons. The molecular formula is C24H20N2O. The van der Waals surface area contributed by atoms with Crippen LogP contribution in [0.4, 0.5) is 0 Å². The van der Waals surface area contributed by atoms with E-state index in [0.29, 0.717) is 12.8 Å². The summed E-state index contributed by atoms with van der Waals surface area (Å²) in [6, 6.07) is 32.0. The SMILES string of the molecule is O=C(CCc1ccccc1)n1nc(-c2ccccc2)cc1-c1ccccc1. The molecule has 0 N–H and O–H groups in total. The fraction of sp³-hybridized carbons (Fsp3) is 0.0833. The second kappa shape index (κ2) is 7.83. The molecule has 4 aromatic rings. The van der Waals surface area contributed by atoms with Gasteiger partial charge in [-0.3, -0.25) is 4.79 Å². The average Bonchev–Trinajstić information content (AvgIpc) is 3.20. The van der Waals surface area contributed by atoms with Crippen LogP contribution in [-0.2, 0) is 6.42 Å². The van der Waals surface area contributed by atoms with Gasteiger partial charge in [0.15, 0.2) is 0 Å². The summed E-state index contributed by atoms with van der Waals surface area (Å²) in [5, 5.41) is 4.64. The van der Waals surface area contributed by atoms with Gasteiger partial charge in [0.2, 0.25) is 5.91 Å². The summed E-state index contributed by atoms with van der Waals surface area (Å²) in [5.74, 6) is -0.000104. The summed E-state index contributed by atoms with van der Waals surface area (Å²) in [6.07, 6.45) is 1.12. The Kier molecular flexibility index (Phi) is 4.93. The highest BCUT2D eigenvalue weighted by molar-refractivity contribution is 5.85. The quantitative estimate of drug-likeness (QED) is 0.476. The minimum atomic E-state index is -0.000104. The second-order valence-corrected chi connectivity index (χ2v) is 6.44. The molecule has 1 aromatic heterocycles. The molecule has 27 heavy (non-hydrogen) atoms. The van der Waals surface area contributed by atoms with Crippen LogP contribution in [0.3, 0.4) is 0 Å². The molecule has 0 atom stereocenters. The first-order valence-corrected chi connectivity index (χ1v) is 9.09. The van der Waals surface area contributed by atoms with Gasteiger partial charge in [0.25, 0.3) is 0 Å². The standard InChI is InChI=1S/C24H20N2O/c27-24(17-16-19-10-4-1-5-11-19)26-23(21-14-8-3-9-15-21)18-22(25-26)20-12-6-2-7-13-20/h1-15,18H,16-17H2. The Balaban J connectivity index is 1.67. The lowest BCUT2D eigenvalue weighted by Gasteiger charge is -2.06. The Labute approximate surface area is 158 Å². The normalized spacial score (nSPS) is 10.7. The molecular weight excluding hydrogens is 332 g/mol. The first kappa shape index (κ1) is 17.0. The molecule has 0 saturated heterocycles. The minimum absolute atomic E-state index is 0.000104. The van der Waals surface area contributed by atoms with E-state index in [1.165, 1.54) is 0 Å². The lowest BCUT2D eigenvalue weighted by molar-refractivity contribution is 0.0889. The van der Waals surface area contributed by atoms with Crippen molar-refractivity contribution in [1.82, 2.24) is 9.78 Å². The summed E-state index contributed by atoms with van der Waals surface area (Å²) < 4.78 is 1.56. The predicted molar refractivity (Wildman–Crippen MR) is 108 cm³/mol. The molecule has 0 spiro atoms. The van der Waals surface area contributed by atoms with Crippen LogP contribution in [0.25, 0.3) is 22.5 Å². The Morgan fingerprint density at radius 1 is 0.741 bits per heavy atom. The van der Waals surface area contributed by atoms with Crippen molar-refractivity contribution in [2.75, 3.05) is 0 Å². The van der Waals surface area contributed by atoms with Crippen LogP contribution < -0.4 is 0 Å². The van der Waals surface area contributed by atoms with Crippen LogP contribution in [0.5, 0.6) is 0 Å². The van der Waals surface area contributed by atoms with Gasteiger partial charge in [0.05, 0.1) is 11.4 Å². The molecule has 0 unspecified atom stereocenters. The van der Waals surface area contributed by atoms with Gasteiger partial charge < -0.3 is 0 Å². The zero-order valence-electron chi connectivity index (χ0n) is 15.0. The third-order valence-electron chi connectivity index (χ3n) is 4.56. The van der Waals surface area contributed by atoms with Gasteiger partial charge in [-0.05, 0) is 18.1 Å². The maximum Gasteiger partial charge on any atom is 0.247 e. The van der Waals surface area contributed by atoms with Gasteiger partial charge >= 0.3 is 0 Å². The molecule has 0 bridgehead atoms. The van der Waals surface area contributed by atoms with Gasteiger partial charge in [-0.25, -0.2) is 0 Å². The van der Waals surface area contributed by atoms with Crippen LogP contribution in [-0.4, -0.2) is 15.7 Å². The maximum atomic E-state index is 13.0. The number of rotatable bonds is 5. The Morgan fingerprint density at radius 3 is 1.93 bits per heavy atom. The zero-order valence-corrected chi connectivity index (χ0v) is 15.0. The molecule has 3 aromatic carbocycles. The summed E-state index contributed by atoms with van der Waals surface area (Å²) in [5.41, 5.74) is 4.78. The number of nitrogens with zero attached hydrogens (tertiary/aromatic N) is 2. The third-order valence-corrected chi connectivity index (χ3v) is 4.56. The number of carbonyl (C=O) groups excluding carboxylic acids is 1. The monoisotopic (exact) mass is 352 g/mol. The van der Waals surface area contributed by atoms with E-state index in [2.05, 4.69) is 5.10 Å². The molecule has 3 nitrogen and oxygen atoms in total. The van der Waals surface area contributed by atoms with E-state index in [0.717, 1.165) is 28.1 Å². The van der Waals surface area contributed by atoms with Crippen molar-refractivity contribution >= 4 is 5.91 Å². The van der Waals surface area contributed by atoms with Crippen LogP contribution in [0.2, 0.25) is 0 Å². The zero-order chi connectivity index (χ0) is 18.5. The van der Waals surface area contributed by atoms with E-state index in [4.69, 9.17) is 0 Å². The maximum absolute atomic E-state index is 13.0. The number of aromatic nitrogens is 2. The molecule has 0 amide bonds. The fourth-order valence-electron chi connectivity index (χ4n) is 3.14. The van der Waals surface area contributed by atoms with E-state index in [1.54, 1.807) is 4.68 Å². The topological polar surface area (TPSA) is 34.9 Å². The van der Waals surface area contributed by atoms with E-state index in [9.17, 15) is 4.79 Å². The van der Waals surface area contributed by atoms with Crippen molar-refractivity contribution in [3.8, 4) is 22.5 Å². The van der Waals surface area contributed by atoms with Crippen molar-refractivity contribution < 1.29 is 4.79 Å². The van der Waals surface area contributed by atoms with E-state index >= 15 is 0 Å². The highest BCUT2D eigenvalue weighted by atomic mass is 16.2. The van der Waals surface area contributed by atoms with Crippen molar-refractivity contribution in [3.63, 3.8) is 0 Å². The summed E-state index contributed by atoms with van der Waals surface area (Å²) >= 11 is 0. The second-order valence-electron chi connectivity index (χ2n) is 6.44. The molecule has 0 aliphatic heterocycles. The molecule has 3 heteroatoms. The molecule has 4 rings (SSSR count). The molecule has 0 fully saturated rings. The molecule has 0 aliphatic rings. The van der Waals surface area contributed by atoms with Gasteiger partial charge in [-0.15, -0.1) is 0 Å². The number of aryl methyl sites for hydroxylation is 1. The first-order chi connectivity index (χ1) is 13.3. The lowest BCUT2D eigenvalue weighted by atomic mass is 10.1. The Hall–Kier alpha value is -3.46. The van der Waals surface area contributed by atoms with Crippen LogP contribution >= 0.6 is 0 Å². The van der Waals surface area contributed by atoms with Crippen molar-refractivity contribution in [3.05, 3.63) is 103 Å². The number of hydrogen-bond acceptors (Lipinski definition) is 2. The first-order valence-electron chi connectivity index (χ1n) is 9.09. The van der Waals surface area contributed by atoms with Crippen LogP contribution in [0, 0.1) is 0 Å². The highest BCUT2D eigenvalue weighted by Crippen LogP contribution is 2.26. The summed E-state index contributed by atoms with van der Waals surface area (Å²) in [6.45, 7) is 0. The van der Waals surface area contributed by atoms with Crippen molar-refractivity contribution in [1.29, 1.82) is 0 Å². The van der Waals surface area contributed by atoms with E-state index in [1.807, 2.05) is 97.1 Å². The molecule has 1 heterocycles. The Morgan fingerprint density at radius 2 is 1.30 bits per heavy atom. The molecule has 0 radical (unpaired) electrons. The van der Waals surface area contributed by atoms with Gasteiger partial charge in [0, 0.05) is 17.5 Å². The fourth-order valence-corrected chi connectivity index (χ4v) is 3.14. The highest BCUT2D eigenvalue weighted by Gasteiger charge is 2.16. The number of benzene rings is 3. The van der Waals surface area contributed by atoms with Crippen molar-refractivity contribution in [2.24, 2.45) is 0 Å². The minimum Gasteiger partial charge on any atom is -0.273 e. The molecule has 0 saturated carbocycles. The van der Waals surface area contributed by atoms with Gasteiger partial charge in [-0.1, -0.05) is 91.0 Å². The number of carbonyl (C=O) groups is 1. The van der Waals surface area contributed by atoms with Crippen LogP contribution in [0.1, 0.15) is 16.8 Å². The molecule has 0 aliphatic carbocycles.